The van der Waals surface area contributed by atoms with Crippen molar-refractivity contribution in [2.75, 3.05) is 64.3 Å². The summed E-state index contributed by atoms with van der Waals surface area (Å²) in [6, 6.07) is 1.81. The van der Waals surface area contributed by atoms with Gasteiger partial charge in [-0.2, -0.15) is 0 Å². The predicted molar refractivity (Wildman–Crippen MR) is 93.7 cm³/mol. The highest BCUT2D eigenvalue weighted by Crippen LogP contribution is 2.31. The van der Waals surface area contributed by atoms with Crippen LogP contribution in [0, 0.1) is 0 Å². The molecule has 3 aliphatic rings. The van der Waals surface area contributed by atoms with Crippen LogP contribution in [0.4, 0.5) is 10.7 Å². The highest BCUT2D eigenvalue weighted by atomic mass is 16.6. The summed E-state index contributed by atoms with van der Waals surface area (Å²) < 4.78 is 5.51. The number of anilines is 1. The zero-order chi connectivity index (χ0) is 18.1. The number of hydrogen-bond acceptors (Lipinski definition) is 7. The van der Waals surface area contributed by atoms with Crippen LogP contribution in [-0.4, -0.2) is 102 Å². The van der Waals surface area contributed by atoms with Crippen LogP contribution in [0.15, 0.2) is 18.5 Å². The van der Waals surface area contributed by atoms with E-state index in [9.17, 15) is 9.59 Å². The van der Waals surface area contributed by atoms with E-state index in [0.29, 0.717) is 32.6 Å². The Kier molecular flexibility index (Phi) is 4.39. The van der Waals surface area contributed by atoms with E-state index in [1.54, 1.807) is 30.4 Å². The lowest BCUT2D eigenvalue weighted by Crippen LogP contribution is -2.50. The Bertz CT molecular complexity index is 678. The maximum atomic E-state index is 12.7. The summed E-state index contributed by atoms with van der Waals surface area (Å²) >= 11 is 0. The molecule has 0 aliphatic carbocycles. The third kappa shape index (κ3) is 3.31. The molecule has 9 heteroatoms. The highest BCUT2D eigenvalue weighted by Gasteiger charge is 2.49. The minimum Gasteiger partial charge on any atom is -0.439 e. The summed E-state index contributed by atoms with van der Waals surface area (Å²) in [7, 11) is 1.73. The van der Waals surface area contributed by atoms with Crippen LogP contribution in [0.1, 0.15) is 6.42 Å². The lowest BCUT2D eigenvalue weighted by molar-refractivity contribution is -0.132. The molecular weight excluding hydrogens is 336 g/mol. The fraction of sp³-hybridized carbons (Fsp3) is 0.647. The average molecular weight is 360 g/mol. The molecule has 0 radical (unpaired) electrons. The molecule has 0 bridgehead atoms. The Morgan fingerprint density at radius 1 is 1.15 bits per heavy atom. The summed E-state index contributed by atoms with van der Waals surface area (Å²) in [5, 5.41) is 0. The molecule has 2 amide bonds. The van der Waals surface area contributed by atoms with Gasteiger partial charge in [0, 0.05) is 58.6 Å². The molecule has 1 atom stereocenters. The quantitative estimate of drug-likeness (QED) is 0.729. The van der Waals surface area contributed by atoms with E-state index in [-0.39, 0.29) is 12.0 Å². The van der Waals surface area contributed by atoms with Crippen LogP contribution >= 0.6 is 0 Å². The normalized spacial score (nSPS) is 26.7. The third-order valence-electron chi connectivity index (χ3n) is 5.38. The predicted octanol–water partition coefficient (Wildman–Crippen LogP) is -0.348. The number of carbonyl (C=O) groups is 2. The second-order valence-corrected chi connectivity index (χ2v) is 7.28. The SMILES string of the molecule is CN1C[C@]2(CCN(C(=O)CN3CCN(c4ncccn4)CC3)C2)OC1=O. The molecule has 1 aromatic rings. The number of carbonyl (C=O) groups excluding carboxylic acids is 2. The summed E-state index contributed by atoms with van der Waals surface area (Å²) in [5.41, 5.74) is -0.509. The van der Waals surface area contributed by atoms with Crippen molar-refractivity contribution in [2.45, 2.75) is 12.0 Å². The van der Waals surface area contributed by atoms with Gasteiger partial charge < -0.3 is 19.4 Å². The van der Waals surface area contributed by atoms with E-state index >= 15 is 0 Å². The van der Waals surface area contributed by atoms with E-state index in [1.165, 1.54) is 0 Å². The maximum Gasteiger partial charge on any atom is 0.410 e. The number of amides is 2. The first-order chi connectivity index (χ1) is 12.5. The van der Waals surface area contributed by atoms with Gasteiger partial charge in [-0.15, -0.1) is 0 Å². The van der Waals surface area contributed by atoms with E-state index in [1.807, 2.05) is 4.90 Å². The molecule has 1 aromatic heterocycles. The van der Waals surface area contributed by atoms with Crippen LogP contribution in [-0.2, 0) is 9.53 Å². The summed E-state index contributed by atoms with van der Waals surface area (Å²) in [6.45, 7) is 5.35. The third-order valence-corrected chi connectivity index (χ3v) is 5.38. The van der Waals surface area contributed by atoms with Gasteiger partial charge in [0.2, 0.25) is 11.9 Å². The Morgan fingerprint density at radius 3 is 2.54 bits per heavy atom. The zero-order valence-electron chi connectivity index (χ0n) is 15.0. The largest absolute Gasteiger partial charge is 0.439 e. The monoisotopic (exact) mass is 360 g/mol. The van der Waals surface area contributed by atoms with Crippen LogP contribution in [0.25, 0.3) is 0 Å². The van der Waals surface area contributed by atoms with E-state index < -0.39 is 5.60 Å². The van der Waals surface area contributed by atoms with Crippen molar-refractivity contribution in [3.8, 4) is 0 Å². The standard InChI is InChI=1S/C17H24N6O3/c1-20-12-17(26-16(20)25)3-6-23(13-17)14(24)11-21-7-9-22(10-8-21)15-18-4-2-5-19-15/h2,4-5H,3,6-13H2,1H3/t17-/m0/s1. The molecule has 0 aromatic carbocycles. The fourth-order valence-corrected chi connectivity index (χ4v) is 3.91. The first kappa shape index (κ1) is 17.0. The second kappa shape index (κ2) is 6.71. The van der Waals surface area contributed by atoms with Gasteiger partial charge >= 0.3 is 6.09 Å². The Hall–Kier alpha value is -2.42. The average Bonchev–Trinajstić information content (AvgIpc) is 3.19. The number of hydrogen-bond donors (Lipinski definition) is 0. The molecule has 0 N–H and O–H groups in total. The van der Waals surface area contributed by atoms with Crippen molar-refractivity contribution in [1.29, 1.82) is 0 Å². The highest BCUT2D eigenvalue weighted by molar-refractivity contribution is 5.79. The van der Waals surface area contributed by atoms with Gasteiger partial charge in [-0.25, -0.2) is 14.8 Å². The zero-order valence-corrected chi connectivity index (χ0v) is 15.0. The number of aromatic nitrogens is 2. The number of rotatable bonds is 3. The fourth-order valence-electron chi connectivity index (χ4n) is 3.91. The lowest BCUT2D eigenvalue weighted by atomic mass is 10.0. The number of likely N-dealkylation sites (tertiary alicyclic amines) is 1. The van der Waals surface area contributed by atoms with Gasteiger partial charge in [0.25, 0.3) is 0 Å². The molecule has 3 saturated heterocycles. The van der Waals surface area contributed by atoms with Crippen molar-refractivity contribution >= 4 is 17.9 Å². The molecule has 1 spiro atoms. The van der Waals surface area contributed by atoms with Crippen LogP contribution in [0.3, 0.4) is 0 Å². The first-order valence-electron chi connectivity index (χ1n) is 9.01. The molecule has 0 unspecified atom stereocenters. The van der Waals surface area contributed by atoms with Gasteiger partial charge in [-0.1, -0.05) is 0 Å². The molecule has 3 aliphatic heterocycles. The molecule has 140 valence electrons. The van der Waals surface area contributed by atoms with Gasteiger partial charge in [0.1, 0.15) is 0 Å². The smallest absolute Gasteiger partial charge is 0.410 e. The molecule has 9 nitrogen and oxygen atoms in total. The Morgan fingerprint density at radius 2 is 1.88 bits per heavy atom. The van der Waals surface area contributed by atoms with Gasteiger partial charge in [0.15, 0.2) is 5.60 Å². The summed E-state index contributed by atoms with van der Waals surface area (Å²) in [6.07, 6.45) is 3.91. The summed E-state index contributed by atoms with van der Waals surface area (Å²) in [4.78, 5) is 40.6. The molecular formula is C17H24N6O3. The Balaban J connectivity index is 1.27. The minimum absolute atomic E-state index is 0.108. The maximum absolute atomic E-state index is 12.7. The van der Waals surface area contributed by atoms with E-state index in [0.717, 1.165) is 32.1 Å². The van der Waals surface area contributed by atoms with Crippen LogP contribution in [0.2, 0.25) is 0 Å². The number of nitrogens with zero attached hydrogens (tertiary/aromatic N) is 6. The van der Waals surface area contributed by atoms with E-state index in [2.05, 4.69) is 19.8 Å². The van der Waals surface area contributed by atoms with Crippen molar-refractivity contribution in [2.24, 2.45) is 0 Å². The van der Waals surface area contributed by atoms with Crippen molar-refractivity contribution < 1.29 is 14.3 Å². The van der Waals surface area contributed by atoms with Crippen molar-refractivity contribution in [3.05, 3.63) is 18.5 Å². The number of piperazine rings is 1. The molecule has 0 saturated carbocycles. The molecule has 3 fully saturated rings. The van der Waals surface area contributed by atoms with Gasteiger partial charge in [0.05, 0.1) is 19.6 Å². The Labute approximate surface area is 152 Å². The minimum atomic E-state index is -0.509. The first-order valence-corrected chi connectivity index (χ1v) is 9.01. The summed E-state index contributed by atoms with van der Waals surface area (Å²) in [5.74, 6) is 0.851. The molecule has 4 heterocycles. The molecule has 26 heavy (non-hydrogen) atoms. The van der Waals surface area contributed by atoms with E-state index in [4.69, 9.17) is 4.74 Å². The van der Waals surface area contributed by atoms with Crippen molar-refractivity contribution in [3.63, 3.8) is 0 Å². The lowest BCUT2D eigenvalue weighted by Gasteiger charge is -2.35. The van der Waals surface area contributed by atoms with Crippen LogP contribution in [0.5, 0.6) is 0 Å². The number of ether oxygens (including phenoxy) is 1. The van der Waals surface area contributed by atoms with Gasteiger partial charge in [-0.05, 0) is 6.07 Å². The van der Waals surface area contributed by atoms with Gasteiger partial charge in [-0.3, -0.25) is 9.69 Å². The second-order valence-electron chi connectivity index (χ2n) is 7.28. The van der Waals surface area contributed by atoms with Crippen LogP contribution < -0.4 is 4.90 Å². The number of likely N-dealkylation sites (N-methyl/N-ethyl adjacent to an activating group) is 1. The molecule has 4 rings (SSSR count). The van der Waals surface area contributed by atoms with Crippen molar-refractivity contribution in [1.82, 2.24) is 24.7 Å². The topological polar surface area (TPSA) is 82.1 Å².